The minimum Gasteiger partial charge on any atom is -0.381 e. The molecule has 2 fully saturated rings. The lowest BCUT2D eigenvalue weighted by Crippen LogP contribution is -2.42. The summed E-state index contributed by atoms with van der Waals surface area (Å²) < 4.78 is 5.36. The fourth-order valence-electron chi connectivity index (χ4n) is 2.22. The maximum Gasteiger partial charge on any atom is 0.191 e. The van der Waals surface area contributed by atoms with Crippen LogP contribution in [0, 0.1) is 5.92 Å². The molecule has 0 aromatic rings. The lowest BCUT2D eigenvalue weighted by Gasteiger charge is -2.16. The third-order valence-corrected chi connectivity index (χ3v) is 4.73. The summed E-state index contributed by atoms with van der Waals surface area (Å²) in [5.41, 5.74) is 0. The van der Waals surface area contributed by atoms with Gasteiger partial charge in [0.15, 0.2) is 5.96 Å². The van der Waals surface area contributed by atoms with Crippen molar-refractivity contribution in [1.82, 2.24) is 10.6 Å². The van der Waals surface area contributed by atoms with E-state index in [1.807, 2.05) is 7.05 Å². The van der Waals surface area contributed by atoms with Gasteiger partial charge in [-0.15, -0.1) is 24.0 Å². The van der Waals surface area contributed by atoms with E-state index >= 15 is 0 Å². The smallest absolute Gasteiger partial charge is 0.191 e. The predicted octanol–water partition coefficient (Wildman–Crippen LogP) is 1.70. The van der Waals surface area contributed by atoms with Crippen LogP contribution in [0.2, 0.25) is 0 Å². The molecular weight excluding hydrogens is 361 g/mol. The third-order valence-electron chi connectivity index (χ3n) is 3.33. The van der Waals surface area contributed by atoms with Crippen molar-refractivity contribution in [1.29, 1.82) is 0 Å². The Bertz CT molecular complexity index is 232. The second-order valence-electron chi connectivity index (χ2n) is 4.70. The Kier molecular flexibility index (Phi) is 8.41. The summed E-state index contributed by atoms with van der Waals surface area (Å²) in [7, 11) is 1.84. The molecule has 0 amide bonds. The molecule has 2 saturated heterocycles. The summed E-state index contributed by atoms with van der Waals surface area (Å²) in [5, 5.41) is 7.56. The predicted molar refractivity (Wildman–Crippen MR) is 89.2 cm³/mol. The topological polar surface area (TPSA) is 45.7 Å². The number of halogens is 1. The zero-order chi connectivity index (χ0) is 11.9. The first-order chi connectivity index (χ1) is 8.38. The number of hydrogen-bond acceptors (Lipinski definition) is 3. The van der Waals surface area contributed by atoms with Crippen LogP contribution >= 0.6 is 35.7 Å². The minimum absolute atomic E-state index is 0. The van der Waals surface area contributed by atoms with Crippen molar-refractivity contribution in [3.63, 3.8) is 0 Å². The van der Waals surface area contributed by atoms with Crippen LogP contribution in [0.15, 0.2) is 4.99 Å². The normalized spacial score (nSPS) is 27.9. The molecule has 2 N–H and O–H groups in total. The average molecular weight is 385 g/mol. The number of hydrogen-bond donors (Lipinski definition) is 2. The standard InChI is InChI=1S/C12H23N3OS.HI/c1-13-12(14-7-10-4-5-16-9-10)15-8-11-3-2-6-17-11;/h10-11H,2-9H2,1H3,(H2,13,14,15);1H. The van der Waals surface area contributed by atoms with Crippen LogP contribution in [-0.4, -0.2) is 50.3 Å². The number of thioether (sulfide) groups is 1. The number of nitrogens with zero attached hydrogens (tertiary/aromatic N) is 1. The fraction of sp³-hybridized carbons (Fsp3) is 0.917. The second kappa shape index (κ2) is 9.25. The molecule has 2 aliphatic rings. The molecule has 0 bridgehead atoms. The third kappa shape index (κ3) is 5.52. The van der Waals surface area contributed by atoms with E-state index in [-0.39, 0.29) is 24.0 Å². The van der Waals surface area contributed by atoms with Gasteiger partial charge in [-0.3, -0.25) is 4.99 Å². The van der Waals surface area contributed by atoms with Gasteiger partial charge in [0.25, 0.3) is 0 Å². The Balaban J connectivity index is 0.00000162. The molecule has 2 heterocycles. The first-order valence-electron chi connectivity index (χ1n) is 6.52. The van der Waals surface area contributed by atoms with Crippen molar-refractivity contribution < 1.29 is 4.74 Å². The molecule has 2 atom stereocenters. The summed E-state index contributed by atoms with van der Waals surface area (Å²) in [6.07, 6.45) is 3.87. The molecule has 0 spiro atoms. The Labute approximate surface area is 131 Å². The summed E-state index contributed by atoms with van der Waals surface area (Å²) >= 11 is 2.07. The van der Waals surface area contributed by atoms with Gasteiger partial charge in [-0.05, 0) is 25.0 Å². The maximum atomic E-state index is 5.36. The quantitative estimate of drug-likeness (QED) is 0.439. The van der Waals surface area contributed by atoms with Crippen molar-refractivity contribution in [2.24, 2.45) is 10.9 Å². The van der Waals surface area contributed by atoms with Crippen molar-refractivity contribution in [2.75, 3.05) is 39.1 Å². The SMILES string of the molecule is CN=C(NCC1CCOC1)NCC1CCCS1.I. The van der Waals surface area contributed by atoms with E-state index in [2.05, 4.69) is 27.4 Å². The number of rotatable bonds is 4. The molecule has 0 radical (unpaired) electrons. The van der Waals surface area contributed by atoms with E-state index in [0.29, 0.717) is 5.92 Å². The minimum atomic E-state index is 0. The number of ether oxygens (including phenoxy) is 1. The van der Waals surface area contributed by atoms with E-state index in [1.54, 1.807) is 0 Å². The van der Waals surface area contributed by atoms with Gasteiger partial charge in [-0.2, -0.15) is 11.8 Å². The van der Waals surface area contributed by atoms with Crippen LogP contribution in [0.25, 0.3) is 0 Å². The largest absolute Gasteiger partial charge is 0.381 e. The summed E-state index contributed by atoms with van der Waals surface area (Å²) in [4.78, 5) is 4.25. The van der Waals surface area contributed by atoms with Crippen LogP contribution in [0.5, 0.6) is 0 Å². The van der Waals surface area contributed by atoms with Gasteiger partial charge in [0.1, 0.15) is 0 Å². The summed E-state index contributed by atoms with van der Waals surface area (Å²) in [5.74, 6) is 2.90. The Morgan fingerprint density at radius 3 is 2.78 bits per heavy atom. The number of aliphatic imine (C=N–C) groups is 1. The second-order valence-corrected chi connectivity index (χ2v) is 6.11. The molecule has 2 unspecified atom stereocenters. The summed E-state index contributed by atoms with van der Waals surface area (Å²) in [6.45, 7) is 3.81. The molecule has 4 nitrogen and oxygen atoms in total. The molecule has 106 valence electrons. The molecule has 0 aromatic carbocycles. The monoisotopic (exact) mass is 385 g/mol. The van der Waals surface area contributed by atoms with E-state index < -0.39 is 0 Å². The molecule has 6 heteroatoms. The van der Waals surface area contributed by atoms with Crippen molar-refractivity contribution >= 4 is 41.7 Å². The molecule has 2 aliphatic heterocycles. The van der Waals surface area contributed by atoms with E-state index in [9.17, 15) is 0 Å². The first-order valence-corrected chi connectivity index (χ1v) is 7.57. The molecule has 18 heavy (non-hydrogen) atoms. The van der Waals surface area contributed by atoms with Crippen LogP contribution in [0.4, 0.5) is 0 Å². The van der Waals surface area contributed by atoms with Gasteiger partial charge >= 0.3 is 0 Å². The van der Waals surface area contributed by atoms with Gasteiger partial charge < -0.3 is 15.4 Å². The van der Waals surface area contributed by atoms with Crippen molar-refractivity contribution in [3.8, 4) is 0 Å². The highest BCUT2D eigenvalue weighted by Crippen LogP contribution is 2.25. The first kappa shape index (κ1) is 16.4. The van der Waals surface area contributed by atoms with Gasteiger partial charge in [0.2, 0.25) is 0 Å². The molecule has 0 aliphatic carbocycles. The van der Waals surface area contributed by atoms with E-state index in [4.69, 9.17) is 4.74 Å². The fourth-order valence-corrected chi connectivity index (χ4v) is 3.42. The number of nitrogens with one attached hydrogen (secondary N) is 2. The van der Waals surface area contributed by atoms with Crippen molar-refractivity contribution in [2.45, 2.75) is 24.5 Å². The Morgan fingerprint density at radius 2 is 2.17 bits per heavy atom. The molecular formula is C12H24IN3OS. The van der Waals surface area contributed by atoms with Gasteiger partial charge in [0.05, 0.1) is 6.61 Å². The molecule has 0 saturated carbocycles. The Morgan fingerprint density at radius 1 is 1.33 bits per heavy atom. The highest BCUT2D eigenvalue weighted by molar-refractivity contribution is 14.0. The van der Waals surface area contributed by atoms with Crippen LogP contribution in [0.1, 0.15) is 19.3 Å². The van der Waals surface area contributed by atoms with Gasteiger partial charge in [-0.25, -0.2) is 0 Å². The highest BCUT2D eigenvalue weighted by atomic mass is 127. The molecule has 2 rings (SSSR count). The maximum absolute atomic E-state index is 5.36. The average Bonchev–Trinajstić information content (AvgIpc) is 3.02. The lowest BCUT2D eigenvalue weighted by molar-refractivity contribution is 0.186. The van der Waals surface area contributed by atoms with Crippen LogP contribution < -0.4 is 10.6 Å². The molecule has 0 aromatic heterocycles. The van der Waals surface area contributed by atoms with Gasteiger partial charge in [0, 0.05) is 37.9 Å². The van der Waals surface area contributed by atoms with E-state index in [0.717, 1.165) is 37.5 Å². The van der Waals surface area contributed by atoms with Crippen molar-refractivity contribution in [3.05, 3.63) is 0 Å². The Hall–Kier alpha value is 0.310. The zero-order valence-electron chi connectivity index (χ0n) is 11.0. The van der Waals surface area contributed by atoms with E-state index in [1.165, 1.54) is 25.0 Å². The highest BCUT2D eigenvalue weighted by Gasteiger charge is 2.17. The van der Waals surface area contributed by atoms with Gasteiger partial charge in [-0.1, -0.05) is 0 Å². The van der Waals surface area contributed by atoms with Crippen LogP contribution in [-0.2, 0) is 4.74 Å². The number of guanidine groups is 1. The summed E-state index contributed by atoms with van der Waals surface area (Å²) in [6, 6.07) is 0. The lowest BCUT2D eigenvalue weighted by atomic mass is 10.1. The van der Waals surface area contributed by atoms with Crippen LogP contribution in [0.3, 0.4) is 0 Å². The zero-order valence-corrected chi connectivity index (χ0v) is 14.1.